The summed E-state index contributed by atoms with van der Waals surface area (Å²) in [7, 11) is 0. The summed E-state index contributed by atoms with van der Waals surface area (Å²) < 4.78 is 15.6. The normalized spacial score (nSPS) is 11.7. The zero-order valence-electron chi connectivity index (χ0n) is 13.4. The van der Waals surface area contributed by atoms with Crippen molar-refractivity contribution >= 4 is 11.6 Å². The number of hydrogen-bond donors (Lipinski definition) is 2. The van der Waals surface area contributed by atoms with E-state index in [-0.39, 0.29) is 12.4 Å². The van der Waals surface area contributed by atoms with Gasteiger partial charge in [0.2, 0.25) is 0 Å². The fourth-order valence-corrected chi connectivity index (χ4v) is 2.31. The lowest BCUT2D eigenvalue weighted by atomic mass is 10.2. The van der Waals surface area contributed by atoms with E-state index in [1.54, 1.807) is 18.2 Å². The van der Waals surface area contributed by atoms with Gasteiger partial charge >= 0.3 is 0 Å². The molecule has 0 bridgehead atoms. The van der Waals surface area contributed by atoms with Crippen LogP contribution in [0.4, 0.5) is 4.39 Å². The number of pyridine rings is 1. The zero-order chi connectivity index (χ0) is 16.8. The van der Waals surface area contributed by atoms with Crippen LogP contribution >= 0.6 is 0 Å². The Kier molecular flexibility index (Phi) is 5.00. The van der Waals surface area contributed by atoms with Crippen molar-refractivity contribution in [2.75, 3.05) is 6.54 Å². The molecule has 2 aromatic heterocycles. The summed E-state index contributed by atoms with van der Waals surface area (Å²) in [6.45, 7) is 3.42. The third-order valence-corrected chi connectivity index (χ3v) is 3.51. The van der Waals surface area contributed by atoms with E-state index in [1.165, 1.54) is 6.07 Å². The molecule has 24 heavy (non-hydrogen) atoms. The number of rotatable bonds is 5. The first kappa shape index (κ1) is 15.9. The second kappa shape index (κ2) is 7.54. The van der Waals surface area contributed by atoms with Crippen LogP contribution in [0.2, 0.25) is 0 Å². The molecule has 0 fully saturated rings. The Morgan fingerprint density at radius 1 is 1.12 bits per heavy atom. The van der Waals surface area contributed by atoms with Crippen molar-refractivity contribution in [2.24, 2.45) is 4.99 Å². The van der Waals surface area contributed by atoms with E-state index in [0.717, 1.165) is 11.5 Å². The highest BCUT2D eigenvalue weighted by Crippen LogP contribution is 2.07. The van der Waals surface area contributed by atoms with Gasteiger partial charge in [0, 0.05) is 18.3 Å². The SMILES string of the molecule is CCNC(=NCc1ccccc1F)NCc1nnc2ccccn12. The Morgan fingerprint density at radius 3 is 2.79 bits per heavy atom. The third-order valence-electron chi connectivity index (χ3n) is 3.51. The van der Waals surface area contributed by atoms with Gasteiger partial charge in [0.05, 0.1) is 13.1 Å². The number of halogens is 1. The molecule has 7 heteroatoms. The zero-order valence-corrected chi connectivity index (χ0v) is 13.4. The van der Waals surface area contributed by atoms with Crippen LogP contribution in [0.25, 0.3) is 5.65 Å². The molecule has 6 nitrogen and oxygen atoms in total. The largest absolute Gasteiger partial charge is 0.357 e. The van der Waals surface area contributed by atoms with Crippen molar-refractivity contribution in [3.8, 4) is 0 Å². The summed E-state index contributed by atoms with van der Waals surface area (Å²) in [6.07, 6.45) is 1.91. The quantitative estimate of drug-likeness (QED) is 0.557. The third kappa shape index (κ3) is 3.68. The van der Waals surface area contributed by atoms with Crippen LogP contribution in [0, 0.1) is 5.82 Å². The van der Waals surface area contributed by atoms with E-state index in [1.807, 2.05) is 35.7 Å². The summed E-state index contributed by atoms with van der Waals surface area (Å²) in [5.41, 5.74) is 1.35. The molecule has 0 spiro atoms. The molecule has 0 amide bonds. The first-order valence-corrected chi connectivity index (χ1v) is 7.82. The average Bonchev–Trinajstić information content (AvgIpc) is 3.02. The highest BCUT2D eigenvalue weighted by molar-refractivity contribution is 5.79. The standard InChI is InChI=1S/C17H19FN6/c1-2-19-17(20-11-13-7-3-4-8-14(13)18)21-12-16-23-22-15-9-5-6-10-24(15)16/h3-10H,2,11-12H2,1H3,(H2,19,20,21). The number of aromatic nitrogens is 3. The second-order valence-corrected chi connectivity index (χ2v) is 5.19. The molecule has 1 aromatic carbocycles. The first-order chi connectivity index (χ1) is 11.8. The van der Waals surface area contributed by atoms with E-state index in [9.17, 15) is 4.39 Å². The molecule has 0 aliphatic rings. The molecule has 0 unspecified atom stereocenters. The lowest BCUT2D eigenvalue weighted by Gasteiger charge is -2.10. The van der Waals surface area contributed by atoms with Gasteiger partial charge in [0.15, 0.2) is 17.4 Å². The Morgan fingerprint density at radius 2 is 1.96 bits per heavy atom. The minimum absolute atomic E-state index is 0.249. The number of benzene rings is 1. The maximum absolute atomic E-state index is 13.7. The van der Waals surface area contributed by atoms with Gasteiger partial charge in [0.1, 0.15) is 5.82 Å². The Hall–Kier alpha value is -2.96. The van der Waals surface area contributed by atoms with Gasteiger partial charge < -0.3 is 10.6 Å². The fraction of sp³-hybridized carbons (Fsp3) is 0.235. The lowest BCUT2D eigenvalue weighted by molar-refractivity contribution is 0.610. The fourth-order valence-electron chi connectivity index (χ4n) is 2.31. The molecular formula is C17H19FN6. The van der Waals surface area contributed by atoms with Crippen molar-refractivity contribution in [1.29, 1.82) is 0 Å². The maximum atomic E-state index is 13.7. The number of hydrogen-bond acceptors (Lipinski definition) is 3. The predicted octanol–water partition coefficient (Wildman–Crippen LogP) is 2.12. The molecule has 3 aromatic rings. The molecule has 3 rings (SSSR count). The monoisotopic (exact) mass is 326 g/mol. The summed E-state index contributed by atoms with van der Waals surface area (Å²) in [6, 6.07) is 12.4. The summed E-state index contributed by atoms with van der Waals surface area (Å²) in [4.78, 5) is 4.42. The van der Waals surface area contributed by atoms with Gasteiger partial charge in [-0.1, -0.05) is 24.3 Å². The average molecular weight is 326 g/mol. The lowest BCUT2D eigenvalue weighted by Crippen LogP contribution is -2.37. The van der Waals surface area contributed by atoms with Gasteiger partial charge in [-0.05, 0) is 25.1 Å². The number of aliphatic imine (C=N–C) groups is 1. The molecule has 2 N–H and O–H groups in total. The van der Waals surface area contributed by atoms with Gasteiger partial charge in [-0.2, -0.15) is 0 Å². The van der Waals surface area contributed by atoms with Crippen LogP contribution in [-0.4, -0.2) is 27.1 Å². The van der Waals surface area contributed by atoms with Crippen LogP contribution in [-0.2, 0) is 13.1 Å². The topological polar surface area (TPSA) is 66.6 Å². The van der Waals surface area contributed by atoms with Crippen molar-refractivity contribution in [1.82, 2.24) is 25.2 Å². The van der Waals surface area contributed by atoms with Crippen LogP contribution in [0.15, 0.2) is 53.7 Å². The van der Waals surface area contributed by atoms with E-state index >= 15 is 0 Å². The van der Waals surface area contributed by atoms with Gasteiger partial charge in [-0.25, -0.2) is 9.38 Å². The second-order valence-electron chi connectivity index (χ2n) is 5.19. The van der Waals surface area contributed by atoms with Crippen LogP contribution in [0.5, 0.6) is 0 Å². The number of nitrogens with zero attached hydrogens (tertiary/aromatic N) is 4. The number of guanidine groups is 1. The highest BCUT2D eigenvalue weighted by Gasteiger charge is 2.06. The number of fused-ring (bicyclic) bond motifs is 1. The molecule has 0 atom stereocenters. The summed E-state index contributed by atoms with van der Waals surface area (Å²) >= 11 is 0. The van der Waals surface area contributed by atoms with E-state index in [4.69, 9.17) is 0 Å². The number of nitrogens with one attached hydrogen (secondary N) is 2. The van der Waals surface area contributed by atoms with Crippen molar-refractivity contribution < 1.29 is 4.39 Å². The van der Waals surface area contributed by atoms with Crippen LogP contribution in [0.1, 0.15) is 18.3 Å². The minimum Gasteiger partial charge on any atom is -0.357 e. The summed E-state index contributed by atoms with van der Waals surface area (Å²) in [5, 5.41) is 14.6. The molecule has 0 aliphatic carbocycles. The molecule has 0 aliphatic heterocycles. The van der Waals surface area contributed by atoms with Crippen LogP contribution < -0.4 is 10.6 Å². The molecule has 0 saturated heterocycles. The van der Waals surface area contributed by atoms with Crippen molar-refractivity contribution in [2.45, 2.75) is 20.0 Å². The first-order valence-electron chi connectivity index (χ1n) is 7.82. The predicted molar refractivity (Wildman–Crippen MR) is 91.0 cm³/mol. The molecule has 2 heterocycles. The van der Waals surface area contributed by atoms with Gasteiger partial charge in [-0.3, -0.25) is 4.40 Å². The Labute approximate surface area is 139 Å². The highest BCUT2D eigenvalue weighted by atomic mass is 19.1. The van der Waals surface area contributed by atoms with Crippen molar-refractivity contribution in [3.63, 3.8) is 0 Å². The van der Waals surface area contributed by atoms with E-state index < -0.39 is 0 Å². The summed E-state index contributed by atoms with van der Waals surface area (Å²) in [5.74, 6) is 1.14. The molecular weight excluding hydrogens is 307 g/mol. The van der Waals surface area contributed by atoms with Gasteiger partial charge in [-0.15, -0.1) is 10.2 Å². The van der Waals surface area contributed by atoms with E-state index in [2.05, 4.69) is 25.8 Å². The molecule has 0 radical (unpaired) electrons. The van der Waals surface area contributed by atoms with Crippen molar-refractivity contribution in [3.05, 3.63) is 65.9 Å². The Bertz CT molecular complexity index is 842. The maximum Gasteiger partial charge on any atom is 0.191 e. The molecule has 124 valence electrons. The van der Waals surface area contributed by atoms with E-state index in [0.29, 0.717) is 24.6 Å². The Balaban J connectivity index is 1.69. The molecule has 0 saturated carbocycles. The van der Waals surface area contributed by atoms with Gasteiger partial charge in [0.25, 0.3) is 0 Å². The smallest absolute Gasteiger partial charge is 0.191 e. The minimum atomic E-state index is -0.249. The van der Waals surface area contributed by atoms with Crippen LogP contribution in [0.3, 0.4) is 0 Å².